The number of nitrogens with one attached hydrogen (secondary N) is 1. The first-order valence-corrected chi connectivity index (χ1v) is 10.7. The van der Waals surface area contributed by atoms with E-state index in [9.17, 15) is 4.79 Å². The molecule has 0 unspecified atom stereocenters. The van der Waals surface area contributed by atoms with Crippen LogP contribution in [0.1, 0.15) is 41.2 Å². The number of nitrogen functional groups attached to an aromatic ring is 1. The third-order valence-electron chi connectivity index (χ3n) is 5.06. The molecule has 0 heterocycles. The largest absolute Gasteiger partial charge is 0.478 e. The molecule has 0 aliphatic carbocycles. The lowest BCUT2D eigenvalue weighted by Gasteiger charge is -2.18. The van der Waals surface area contributed by atoms with E-state index in [1.54, 1.807) is 18.2 Å². The highest BCUT2D eigenvalue weighted by Crippen LogP contribution is 2.38. The SMILES string of the molecule is CC/C(=C(/c1ccc(/C=C/C(=O)O)cc1)c1ccc(N)c(C=N)c1)c1ccc(Cl)cc1Cl. The van der Waals surface area contributed by atoms with E-state index in [2.05, 4.69) is 6.92 Å². The Balaban J connectivity index is 2.27. The van der Waals surface area contributed by atoms with Crippen molar-refractivity contribution < 1.29 is 9.90 Å². The van der Waals surface area contributed by atoms with Crippen LogP contribution in [0.15, 0.2) is 66.7 Å². The van der Waals surface area contributed by atoms with Crippen LogP contribution in [0.5, 0.6) is 0 Å². The number of aliphatic carboxylic acids is 1. The van der Waals surface area contributed by atoms with Crippen LogP contribution in [0, 0.1) is 5.41 Å². The zero-order valence-corrected chi connectivity index (χ0v) is 18.9. The number of carboxylic acids is 1. The lowest BCUT2D eigenvalue weighted by molar-refractivity contribution is -0.131. The minimum atomic E-state index is -0.999. The molecule has 0 fully saturated rings. The van der Waals surface area contributed by atoms with E-state index < -0.39 is 5.97 Å². The summed E-state index contributed by atoms with van der Waals surface area (Å²) in [4.78, 5) is 10.8. The van der Waals surface area contributed by atoms with Crippen LogP contribution in [0.4, 0.5) is 5.69 Å². The van der Waals surface area contributed by atoms with Gasteiger partial charge in [-0.3, -0.25) is 0 Å². The van der Waals surface area contributed by atoms with Crippen LogP contribution >= 0.6 is 23.2 Å². The highest BCUT2D eigenvalue weighted by Gasteiger charge is 2.16. The van der Waals surface area contributed by atoms with Gasteiger partial charge in [-0.1, -0.05) is 66.5 Å². The van der Waals surface area contributed by atoms with Gasteiger partial charge in [0.15, 0.2) is 0 Å². The van der Waals surface area contributed by atoms with E-state index in [0.717, 1.165) is 39.5 Å². The number of carboxylic acid groups (broad SMARTS) is 1. The number of nitrogens with two attached hydrogens (primary N) is 1. The lowest BCUT2D eigenvalue weighted by atomic mass is 9.87. The molecule has 0 bridgehead atoms. The summed E-state index contributed by atoms with van der Waals surface area (Å²) < 4.78 is 0. The van der Waals surface area contributed by atoms with Gasteiger partial charge < -0.3 is 16.2 Å². The highest BCUT2D eigenvalue weighted by molar-refractivity contribution is 6.36. The fraction of sp³-hybridized carbons (Fsp3) is 0.0769. The summed E-state index contributed by atoms with van der Waals surface area (Å²) in [6.45, 7) is 2.05. The predicted octanol–water partition coefficient (Wildman–Crippen LogP) is 7.04. The summed E-state index contributed by atoms with van der Waals surface area (Å²) >= 11 is 12.7. The maximum Gasteiger partial charge on any atom is 0.328 e. The van der Waals surface area contributed by atoms with E-state index in [1.165, 1.54) is 6.21 Å². The van der Waals surface area contributed by atoms with Crippen molar-refractivity contribution in [2.75, 3.05) is 5.73 Å². The van der Waals surface area contributed by atoms with Gasteiger partial charge in [-0.2, -0.15) is 0 Å². The average Bonchev–Trinajstić information content (AvgIpc) is 2.78. The molecule has 4 N–H and O–H groups in total. The van der Waals surface area contributed by atoms with Gasteiger partial charge in [0, 0.05) is 33.6 Å². The molecule has 3 rings (SSSR count). The van der Waals surface area contributed by atoms with Crippen molar-refractivity contribution in [2.24, 2.45) is 0 Å². The van der Waals surface area contributed by atoms with Gasteiger partial charge >= 0.3 is 5.97 Å². The smallest absolute Gasteiger partial charge is 0.328 e. The zero-order chi connectivity index (χ0) is 23.3. The van der Waals surface area contributed by atoms with Gasteiger partial charge in [-0.25, -0.2) is 4.79 Å². The van der Waals surface area contributed by atoms with Gasteiger partial charge in [-0.15, -0.1) is 0 Å². The maximum absolute atomic E-state index is 10.8. The van der Waals surface area contributed by atoms with Gasteiger partial charge in [0.2, 0.25) is 0 Å². The van der Waals surface area contributed by atoms with E-state index >= 15 is 0 Å². The molecule has 4 nitrogen and oxygen atoms in total. The lowest BCUT2D eigenvalue weighted by Crippen LogP contribution is -1.99. The molecule has 3 aromatic rings. The number of benzene rings is 3. The Hall–Kier alpha value is -3.34. The number of rotatable bonds is 7. The quantitative estimate of drug-likeness (QED) is 0.151. The Labute approximate surface area is 197 Å². The Morgan fingerprint density at radius 1 is 1.03 bits per heavy atom. The fourth-order valence-electron chi connectivity index (χ4n) is 3.53. The Bertz CT molecular complexity index is 1230. The molecule has 0 aliphatic heterocycles. The van der Waals surface area contributed by atoms with Crippen molar-refractivity contribution in [3.05, 3.63) is 105 Å². The van der Waals surface area contributed by atoms with Gasteiger partial charge in [0.25, 0.3) is 0 Å². The fourth-order valence-corrected chi connectivity index (χ4v) is 4.06. The number of hydrogen-bond donors (Lipinski definition) is 3. The van der Waals surface area contributed by atoms with Crippen molar-refractivity contribution >= 4 is 58.3 Å². The highest BCUT2D eigenvalue weighted by atomic mass is 35.5. The normalized spacial score (nSPS) is 12.0. The molecule has 0 saturated carbocycles. The third kappa shape index (κ3) is 5.28. The molecular formula is C26H22Cl2N2O2. The standard InChI is InChI=1S/C26H22Cl2N2O2/c1-2-21(22-10-9-20(27)14-23(22)28)26(18-8-11-24(30)19(13-18)15-29)17-6-3-16(4-7-17)5-12-25(31)32/h3-15,29H,2,30H2,1H3,(H,31,32)/b12-5+,26-21+,29-15?. The Kier molecular flexibility index (Phi) is 7.52. The zero-order valence-electron chi connectivity index (χ0n) is 17.4. The summed E-state index contributed by atoms with van der Waals surface area (Å²) in [5.74, 6) is -0.999. The van der Waals surface area contributed by atoms with Crippen LogP contribution in [-0.4, -0.2) is 17.3 Å². The average molecular weight is 465 g/mol. The van der Waals surface area contributed by atoms with Crippen molar-refractivity contribution in [1.82, 2.24) is 0 Å². The van der Waals surface area contributed by atoms with Crippen LogP contribution in [0.2, 0.25) is 10.0 Å². The molecule has 6 heteroatoms. The summed E-state index contributed by atoms with van der Waals surface area (Å²) in [6.07, 6.45) is 4.58. The second-order valence-corrected chi connectivity index (χ2v) is 7.96. The molecule has 32 heavy (non-hydrogen) atoms. The number of hydrogen-bond acceptors (Lipinski definition) is 3. The molecule has 0 aliphatic rings. The van der Waals surface area contributed by atoms with Crippen molar-refractivity contribution in [1.29, 1.82) is 5.41 Å². The molecule has 0 spiro atoms. The van der Waals surface area contributed by atoms with Crippen molar-refractivity contribution in [3.8, 4) is 0 Å². The number of allylic oxidation sites excluding steroid dienone is 1. The van der Waals surface area contributed by atoms with Crippen LogP contribution in [-0.2, 0) is 4.79 Å². The minimum Gasteiger partial charge on any atom is -0.478 e. The van der Waals surface area contributed by atoms with E-state index in [1.807, 2.05) is 48.5 Å². The second-order valence-electron chi connectivity index (χ2n) is 7.11. The third-order valence-corrected chi connectivity index (χ3v) is 5.61. The van der Waals surface area contributed by atoms with E-state index in [-0.39, 0.29) is 0 Å². The van der Waals surface area contributed by atoms with Gasteiger partial charge in [-0.05, 0) is 70.2 Å². The van der Waals surface area contributed by atoms with E-state index in [4.69, 9.17) is 39.5 Å². The first kappa shape index (κ1) is 23.3. The monoisotopic (exact) mass is 464 g/mol. The summed E-state index contributed by atoms with van der Waals surface area (Å²) in [6, 6.07) is 18.6. The van der Waals surface area contributed by atoms with Crippen LogP contribution in [0.3, 0.4) is 0 Å². The topological polar surface area (TPSA) is 87.2 Å². The first-order chi connectivity index (χ1) is 15.3. The molecule has 0 radical (unpaired) electrons. The van der Waals surface area contributed by atoms with Crippen molar-refractivity contribution in [2.45, 2.75) is 13.3 Å². The summed E-state index contributed by atoms with van der Waals surface area (Å²) in [5.41, 5.74) is 12.6. The predicted molar refractivity (Wildman–Crippen MR) is 135 cm³/mol. The molecule has 162 valence electrons. The van der Waals surface area contributed by atoms with Crippen LogP contribution in [0.25, 0.3) is 17.2 Å². The first-order valence-electron chi connectivity index (χ1n) is 9.94. The Morgan fingerprint density at radius 3 is 2.31 bits per heavy atom. The second kappa shape index (κ2) is 10.3. The van der Waals surface area contributed by atoms with Gasteiger partial charge in [0.1, 0.15) is 0 Å². The Morgan fingerprint density at radius 2 is 1.72 bits per heavy atom. The molecule has 3 aromatic carbocycles. The maximum atomic E-state index is 10.8. The van der Waals surface area contributed by atoms with Gasteiger partial charge in [0.05, 0.1) is 0 Å². The molecule has 0 saturated heterocycles. The van der Waals surface area contributed by atoms with Crippen LogP contribution < -0.4 is 5.73 Å². The molecule has 0 aromatic heterocycles. The molecule has 0 amide bonds. The van der Waals surface area contributed by atoms with E-state index in [0.29, 0.717) is 27.7 Å². The summed E-state index contributed by atoms with van der Waals surface area (Å²) in [7, 11) is 0. The number of halogens is 2. The summed E-state index contributed by atoms with van der Waals surface area (Å²) in [5, 5.41) is 17.7. The van der Waals surface area contributed by atoms with Crippen molar-refractivity contribution in [3.63, 3.8) is 0 Å². The molecule has 0 atom stereocenters. The minimum absolute atomic E-state index is 0.528. The molecular weight excluding hydrogens is 443 g/mol. The number of carbonyl (C=O) groups is 1. The number of anilines is 1.